The number of aliphatic hydroxyl groups is 2. The van der Waals surface area contributed by atoms with Crippen LogP contribution in [-0.2, 0) is 47.7 Å². The number of ether oxygens (including phenoxy) is 5. The van der Waals surface area contributed by atoms with Crippen LogP contribution in [0.4, 0.5) is 0 Å². The second-order valence-corrected chi connectivity index (χ2v) is 20.4. The van der Waals surface area contributed by atoms with Crippen molar-refractivity contribution in [3.8, 4) is 0 Å². The second kappa shape index (κ2) is 25.9. The third-order valence-corrected chi connectivity index (χ3v) is 15.4. The van der Waals surface area contributed by atoms with Crippen LogP contribution in [0.1, 0.15) is 132 Å². The molecule has 15 atom stereocenters. The number of nitrogens with zero attached hydrogens (tertiary/aromatic N) is 1. The molecule has 2 aliphatic carbocycles. The van der Waals surface area contributed by atoms with Crippen molar-refractivity contribution >= 4 is 29.2 Å². The zero-order valence-electron chi connectivity index (χ0n) is 41.9. The van der Waals surface area contributed by atoms with Gasteiger partial charge in [0.2, 0.25) is 0 Å². The third kappa shape index (κ3) is 14.4. The molecule has 13 heteroatoms. The first-order valence-electron chi connectivity index (χ1n) is 24.6. The Balaban J connectivity index is 1.70. The van der Waals surface area contributed by atoms with E-state index in [0.29, 0.717) is 44.1 Å². The van der Waals surface area contributed by atoms with Gasteiger partial charge in [0.15, 0.2) is 5.78 Å². The Labute approximate surface area is 395 Å². The van der Waals surface area contributed by atoms with Gasteiger partial charge in [-0.3, -0.25) is 19.2 Å². The maximum atomic E-state index is 14.4. The number of piperidine rings is 1. The van der Waals surface area contributed by atoms with E-state index in [2.05, 4.69) is 0 Å². The van der Waals surface area contributed by atoms with Crippen LogP contribution >= 0.6 is 0 Å². The Kier molecular flexibility index (Phi) is 21.7. The SMILES string of the molecule is CO[C@H]1C[C@@H]2CC[C@@H](C)[C@@](O)(C2)C(=O)C(=O)N2CCCC[C@H]2C(=O)O[C@H]([C@H](C)CC2CC[C@@H](OC)[C@H](OC)C2)CC(=O)[C@H](C)/C=C(\C)[C@@H](O)[C@@H](OC)C(=O)[C@H](C)C[C@H](C)/C=C/C=C/C=C/1C. The average Bonchev–Trinajstić information content (AvgIpc) is 3.30. The summed E-state index contributed by atoms with van der Waals surface area (Å²) in [6, 6.07) is -1.07. The van der Waals surface area contributed by atoms with E-state index in [1.165, 1.54) is 12.0 Å². The number of Topliss-reactive ketones (excluding diaryl/α,β-unsaturated/α-hetero) is 3. The molecule has 2 N–H and O–H groups in total. The van der Waals surface area contributed by atoms with E-state index in [1.807, 2.05) is 58.1 Å². The molecule has 66 heavy (non-hydrogen) atoms. The molecule has 0 spiro atoms. The van der Waals surface area contributed by atoms with Crippen LogP contribution in [0.25, 0.3) is 0 Å². The molecule has 2 aliphatic heterocycles. The molecule has 1 saturated heterocycles. The third-order valence-electron chi connectivity index (χ3n) is 15.4. The minimum absolute atomic E-state index is 0.0243. The first-order valence-corrected chi connectivity index (χ1v) is 24.6. The highest BCUT2D eigenvalue weighted by atomic mass is 16.5. The summed E-state index contributed by atoms with van der Waals surface area (Å²) < 4.78 is 29.3. The smallest absolute Gasteiger partial charge is 0.329 e. The summed E-state index contributed by atoms with van der Waals surface area (Å²) >= 11 is 0. The number of allylic oxidation sites excluding steroid dienone is 6. The van der Waals surface area contributed by atoms with Gasteiger partial charge in [0.05, 0.1) is 18.3 Å². The van der Waals surface area contributed by atoms with Gasteiger partial charge >= 0.3 is 5.97 Å². The first kappa shape index (κ1) is 55.3. The average molecular weight is 926 g/mol. The molecule has 1 unspecified atom stereocenters. The Morgan fingerprint density at radius 1 is 0.818 bits per heavy atom. The number of fused-ring (bicyclic) bond motifs is 3. The highest BCUT2D eigenvalue weighted by Gasteiger charge is 2.51. The molecule has 0 aromatic heterocycles. The lowest BCUT2D eigenvalue weighted by Crippen LogP contribution is -2.59. The van der Waals surface area contributed by atoms with Crippen LogP contribution in [0, 0.1) is 41.4 Å². The fourth-order valence-corrected chi connectivity index (χ4v) is 10.9. The molecule has 372 valence electrons. The van der Waals surface area contributed by atoms with Crippen LogP contribution in [-0.4, -0.2) is 128 Å². The molecule has 2 bridgehead atoms. The Hall–Kier alpha value is -3.33. The van der Waals surface area contributed by atoms with Gasteiger partial charge in [0, 0.05) is 53.2 Å². The monoisotopic (exact) mass is 926 g/mol. The van der Waals surface area contributed by atoms with E-state index in [-0.39, 0.29) is 79.4 Å². The number of aliphatic hydroxyl groups excluding tert-OH is 1. The summed E-state index contributed by atoms with van der Waals surface area (Å²) in [6.07, 6.45) is 14.6. The molecule has 13 nitrogen and oxygen atoms in total. The van der Waals surface area contributed by atoms with E-state index in [4.69, 9.17) is 23.7 Å². The largest absolute Gasteiger partial charge is 0.460 e. The van der Waals surface area contributed by atoms with Crippen LogP contribution in [0.5, 0.6) is 0 Å². The predicted octanol–water partition coefficient (Wildman–Crippen LogP) is 7.50. The van der Waals surface area contributed by atoms with E-state index < -0.39 is 65.4 Å². The maximum absolute atomic E-state index is 14.4. The van der Waals surface area contributed by atoms with E-state index >= 15 is 0 Å². The summed E-state index contributed by atoms with van der Waals surface area (Å²) in [5.41, 5.74) is -0.545. The molecule has 2 saturated carbocycles. The van der Waals surface area contributed by atoms with Gasteiger partial charge in [-0.1, -0.05) is 71.1 Å². The normalized spacial score (nSPS) is 40.0. The Morgan fingerprint density at radius 2 is 1.53 bits per heavy atom. The number of hydrogen-bond acceptors (Lipinski definition) is 12. The fourth-order valence-electron chi connectivity index (χ4n) is 10.9. The zero-order chi connectivity index (χ0) is 48.9. The van der Waals surface area contributed by atoms with Gasteiger partial charge in [0.25, 0.3) is 11.7 Å². The van der Waals surface area contributed by atoms with Gasteiger partial charge in [0.1, 0.15) is 35.7 Å². The lowest BCUT2D eigenvalue weighted by atomic mass is 9.67. The van der Waals surface area contributed by atoms with Gasteiger partial charge in [-0.25, -0.2) is 4.79 Å². The highest BCUT2D eigenvalue weighted by Crippen LogP contribution is 2.41. The number of cyclic esters (lactones) is 1. The molecule has 4 rings (SSSR count). The van der Waals surface area contributed by atoms with Crippen molar-refractivity contribution in [1.29, 1.82) is 0 Å². The van der Waals surface area contributed by atoms with Crippen molar-refractivity contribution in [1.82, 2.24) is 4.90 Å². The van der Waals surface area contributed by atoms with Gasteiger partial charge in [-0.15, -0.1) is 0 Å². The van der Waals surface area contributed by atoms with E-state index in [9.17, 15) is 34.2 Å². The summed E-state index contributed by atoms with van der Waals surface area (Å²) in [6.45, 7) is 13.1. The van der Waals surface area contributed by atoms with Crippen molar-refractivity contribution in [3.63, 3.8) is 0 Å². The van der Waals surface area contributed by atoms with Crippen molar-refractivity contribution < 1.29 is 57.9 Å². The molecule has 2 heterocycles. The predicted molar refractivity (Wildman–Crippen MR) is 253 cm³/mol. The number of rotatable bonds is 7. The molecule has 0 aromatic rings. The van der Waals surface area contributed by atoms with E-state index in [1.54, 1.807) is 48.2 Å². The summed E-state index contributed by atoms with van der Waals surface area (Å²) in [5, 5.41) is 23.6. The number of hydrogen-bond donors (Lipinski definition) is 2. The number of amides is 1. The van der Waals surface area contributed by atoms with Crippen LogP contribution in [0.2, 0.25) is 0 Å². The molecule has 1 amide bonds. The molecular weight excluding hydrogens is 843 g/mol. The molecule has 4 aliphatic rings. The maximum Gasteiger partial charge on any atom is 0.329 e. The van der Waals surface area contributed by atoms with E-state index in [0.717, 1.165) is 31.3 Å². The zero-order valence-corrected chi connectivity index (χ0v) is 41.9. The van der Waals surface area contributed by atoms with Crippen molar-refractivity contribution in [3.05, 3.63) is 47.6 Å². The molecule has 3 fully saturated rings. The van der Waals surface area contributed by atoms with Crippen LogP contribution in [0.3, 0.4) is 0 Å². The Bertz CT molecular complexity index is 1770. The minimum atomic E-state index is -1.92. The highest BCUT2D eigenvalue weighted by molar-refractivity contribution is 6.39. The Morgan fingerprint density at radius 3 is 2.20 bits per heavy atom. The quantitative estimate of drug-likeness (QED) is 0.146. The number of methoxy groups -OCH3 is 4. The summed E-state index contributed by atoms with van der Waals surface area (Å²) in [4.78, 5) is 72.3. The molecular formula is C53H83NO12. The summed E-state index contributed by atoms with van der Waals surface area (Å²) in [7, 11) is 6.39. The lowest BCUT2D eigenvalue weighted by molar-refractivity contribution is -0.171. The number of ketones is 3. The standard InChI is InChI=1S/C53H83NO12/c1-32-17-13-12-14-18-33(2)44(63-9)29-40-21-20-38(7)53(61,31-40)50(58)51(59)54-24-16-15-19-41(54)52(60)66-45(35(4)27-39-22-23-43(62-8)46(28-39)64-10)30-42(55)34(3)26-37(6)48(57)49(65-11)47(56)36(5)25-32/h12-14,17-18,26,32,34-36,38-41,43-46,48-49,57,61H,15-16,19-25,27-31H2,1-11H3/b14-12+,17-13+,33-18+,37-26+/t32-,34-,35-,36-,38-,39?,40+,41+,43-,44+,45+,46-,48-,49+,53+/m1/s1. The van der Waals surface area contributed by atoms with Gasteiger partial charge < -0.3 is 38.8 Å². The van der Waals surface area contributed by atoms with Gasteiger partial charge in [-0.2, -0.15) is 0 Å². The van der Waals surface area contributed by atoms with Crippen molar-refractivity contribution in [2.24, 2.45) is 41.4 Å². The molecule has 0 radical (unpaired) electrons. The first-order chi connectivity index (χ1) is 31.3. The van der Waals surface area contributed by atoms with Crippen LogP contribution < -0.4 is 0 Å². The topological polar surface area (TPSA) is 175 Å². The van der Waals surface area contributed by atoms with Gasteiger partial charge in [-0.05, 0) is 132 Å². The number of carbonyl (C=O) groups excluding carboxylic acids is 5. The van der Waals surface area contributed by atoms with Crippen molar-refractivity contribution in [2.75, 3.05) is 35.0 Å². The number of carbonyl (C=O) groups is 5. The minimum Gasteiger partial charge on any atom is -0.460 e. The fraction of sp³-hybridized carbons (Fsp3) is 0.755. The number of esters is 1. The summed E-state index contributed by atoms with van der Waals surface area (Å²) in [5.74, 6) is -4.69. The second-order valence-electron chi connectivity index (χ2n) is 20.4. The van der Waals surface area contributed by atoms with Crippen molar-refractivity contribution in [2.45, 2.75) is 180 Å². The lowest BCUT2D eigenvalue weighted by Gasteiger charge is -2.43. The van der Waals surface area contributed by atoms with Crippen LogP contribution in [0.15, 0.2) is 47.6 Å². The molecule has 0 aromatic carbocycles.